The Morgan fingerprint density at radius 3 is 2.60 bits per heavy atom. The van der Waals surface area contributed by atoms with Crippen molar-refractivity contribution in [1.29, 1.82) is 0 Å². The van der Waals surface area contributed by atoms with Crippen molar-refractivity contribution in [3.8, 4) is 0 Å². The van der Waals surface area contributed by atoms with Gasteiger partial charge in [-0.3, -0.25) is 10.1 Å². The monoisotopic (exact) mass is 301 g/mol. The maximum Gasteiger partial charge on any atom is 0.323 e. The molecule has 0 spiro atoms. The number of benzene rings is 1. The minimum Gasteiger partial charge on any atom is -0.468 e. The van der Waals surface area contributed by atoms with Crippen LogP contribution in [0, 0.1) is 11.7 Å². The van der Waals surface area contributed by atoms with E-state index in [4.69, 9.17) is 16.3 Å². The lowest BCUT2D eigenvalue weighted by Gasteiger charge is -2.26. The molecular weight excluding hydrogens is 281 g/mol. The Labute approximate surface area is 124 Å². The molecule has 5 heteroatoms. The lowest BCUT2D eigenvalue weighted by Crippen LogP contribution is -2.43. The molecule has 1 aromatic rings. The summed E-state index contributed by atoms with van der Waals surface area (Å²) in [5.41, 5.74) is 0.827. The van der Waals surface area contributed by atoms with Crippen LogP contribution in [0.1, 0.15) is 38.8 Å². The zero-order chi connectivity index (χ0) is 15.3. The van der Waals surface area contributed by atoms with Crippen molar-refractivity contribution in [3.05, 3.63) is 34.6 Å². The van der Waals surface area contributed by atoms with E-state index in [0.717, 1.165) is 12.0 Å². The van der Waals surface area contributed by atoms with Crippen LogP contribution in [-0.2, 0) is 9.53 Å². The van der Waals surface area contributed by atoms with E-state index in [1.54, 1.807) is 12.1 Å². The zero-order valence-electron chi connectivity index (χ0n) is 12.2. The third kappa shape index (κ3) is 4.18. The number of esters is 1. The number of halogens is 2. The number of hydrogen-bond donors (Lipinski definition) is 1. The van der Waals surface area contributed by atoms with Gasteiger partial charge in [-0.2, -0.15) is 0 Å². The molecule has 0 bridgehead atoms. The van der Waals surface area contributed by atoms with Gasteiger partial charge in [0.05, 0.1) is 12.1 Å². The van der Waals surface area contributed by atoms with E-state index in [-0.39, 0.29) is 23.0 Å². The molecule has 0 aliphatic carbocycles. The van der Waals surface area contributed by atoms with Crippen LogP contribution >= 0.6 is 11.6 Å². The molecule has 1 N–H and O–H groups in total. The number of nitrogens with one attached hydrogen (secondary N) is 1. The molecule has 0 fully saturated rings. The van der Waals surface area contributed by atoms with E-state index < -0.39 is 11.9 Å². The number of ether oxygens (including phenoxy) is 1. The first-order valence-electron chi connectivity index (χ1n) is 6.69. The lowest BCUT2D eigenvalue weighted by molar-refractivity contribution is -0.144. The molecule has 0 saturated heterocycles. The summed E-state index contributed by atoms with van der Waals surface area (Å²) in [6.07, 6.45) is 0.851. The first kappa shape index (κ1) is 16.9. The Hall–Kier alpha value is -1.13. The molecule has 0 saturated carbocycles. The van der Waals surface area contributed by atoms with Crippen molar-refractivity contribution in [3.63, 3.8) is 0 Å². The lowest BCUT2D eigenvalue weighted by atomic mass is 9.97. The Morgan fingerprint density at radius 2 is 2.10 bits per heavy atom. The molecule has 0 radical (unpaired) electrons. The Kier molecular flexibility index (Phi) is 6.43. The average molecular weight is 302 g/mol. The van der Waals surface area contributed by atoms with Crippen molar-refractivity contribution in [2.45, 2.75) is 39.3 Å². The maximum absolute atomic E-state index is 13.2. The first-order chi connectivity index (χ1) is 9.40. The average Bonchev–Trinajstić information content (AvgIpc) is 2.45. The number of hydrogen-bond acceptors (Lipinski definition) is 3. The molecule has 3 unspecified atom stereocenters. The molecule has 0 aliphatic rings. The van der Waals surface area contributed by atoms with E-state index in [1.165, 1.54) is 13.2 Å². The number of carbonyl (C=O) groups is 1. The molecule has 0 amide bonds. The fourth-order valence-electron chi connectivity index (χ4n) is 1.97. The van der Waals surface area contributed by atoms with Gasteiger partial charge in [0.2, 0.25) is 0 Å². The van der Waals surface area contributed by atoms with E-state index in [0.29, 0.717) is 0 Å². The molecule has 112 valence electrons. The van der Waals surface area contributed by atoms with Gasteiger partial charge in [0.15, 0.2) is 0 Å². The number of carbonyl (C=O) groups excluding carboxylic acids is 1. The van der Waals surface area contributed by atoms with Gasteiger partial charge in [-0.05, 0) is 30.5 Å². The molecule has 3 nitrogen and oxygen atoms in total. The van der Waals surface area contributed by atoms with Crippen LogP contribution in [0.15, 0.2) is 18.2 Å². The van der Waals surface area contributed by atoms with E-state index in [2.05, 4.69) is 5.32 Å². The van der Waals surface area contributed by atoms with Crippen LogP contribution in [0.2, 0.25) is 5.02 Å². The van der Waals surface area contributed by atoms with Gasteiger partial charge in [0.25, 0.3) is 0 Å². The van der Waals surface area contributed by atoms with Gasteiger partial charge < -0.3 is 4.74 Å². The first-order valence-corrected chi connectivity index (χ1v) is 7.07. The largest absolute Gasteiger partial charge is 0.468 e. The van der Waals surface area contributed by atoms with E-state index in [1.807, 2.05) is 20.8 Å². The molecule has 1 aromatic carbocycles. The van der Waals surface area contributed by atoms with Gasteiger partial charge in [0.1, 0.15) is 11.9 Å². The minimum atomic E-state index is -0.450. The van der Waals surface area contributed by atoms with Crippen LogP contribution < -0.4 is 5.32 Å². The van der Waals surface area contributed by atoms with Crippen LogP contribution in [-0.4, -0.2) is 19.1 Å². The molecule has 20 heavy (non-hydrogen) atoms. The smallest absolute Gasteiger partial charge is 0.323 e. The predicted molar refractivity (Wildman–Crippen MR) is 78.2 cm³/mol. The minimum absolute atomic E-state index is 0.0781. The molecule has 1 rings (SSSR count). The summed E-state index contributed by atoms with van der Waals surface area (Å²) in [4.78, 5) is 11.8. The highest BCUT2D eigenvalue weighted by Gasteiger charge is 2.26. The van der Waals surface area contributed by atoms with Crippen LogP contribution in [0.3, 0.4) is 0 Å². The van der Waals surface area contributed by atoms with Gasteiger partial charge in [-0.1, -0.05) is 37.9 Å². The molecule has 0 heterocycles. The Balaban J connectivity index is 2.86. The van der Waals surface area contributed by atoms with Gasteiger partial charge in [0, 0.05) is 6.04 Å². The van der Waals surface area contributed by atoms with Crippen molar-refractivity contribution in [2.75, 3.05) is 7.11 Å². The Morgan fingerprint density at radius 1 is 1.45 bits per heavy atom. The van der Waals surface area contributed by atoms with Crippen LogP contribution in [0.4, 0.5) is 4.39 Å². The maximum atomic E-state index is 13.2. The van der Waals surface area contributed by atoms with Gasteiger partial charge in [-0.15, -0.1) is 0 Å². The van der Waals surface area contributed by atoms with Crippen molar-refractivity contribution in [1.82, 2.24) is 5.32 Å². The van der Waals surface area contributed by atoms with E-state index in [9.17, 15) is 9.18 Å². The predicted octanol–water partition coefficient (Wildman–Crippen LogP) is 3.72. The highest BCUT2D eigenvalue weighted by Crippen LogP contribution is 2.22. The molecular formula is C15H21ClFNO2. The quantitative estimate of drug-likeness (QED) is 0.814. The van der Waals surface area contributed by atoms with E-state index >= 15 is 0 Å². The van der Waals surface area contributed by atoms with Crippen molar-refractivity contribution < 1.29 is 13.9 Å². The fraction of sp³-hybridized carbons (Fsp3) is 0.533. The fourth-order valence-corrected chi connectivity index (χ4v) is 2.16. The summed E-state index contributed by atoms with van der Waals surface area (Å²) < 4.78 is 18.0. The molecule has 3 atom stereocenters. The second kappa shape index (κ2) is 7.60. The van der Waals surface area contributed by atoms with Gasteiger partial charge >= 0.3 is 5.97 Å². The summed E-state index contributed by atoms with van der Waals surface area (Å²) in [7, 11) is 1.37. The summed E-state index contributed by atoms with van der Waals surface area (Å²) in [6, 6.07) is 4.02. The number of methoxy groups -OCH3 is 1. The standard InChI is InChI=1S/C15H21ClFNO2/c1-5-9(2)14(15(19)20-4)18-10(3)11-6-7-13(17)12(16)8-11/h6-10,14,18H,5H2,1-4H3. The summed E-state index contributed by atoms with van der Waals surface area (Å²) in [5, 5.41) is 3.30. The van der Waals surface area contributed by atoms with Crippen molar-refractivity contribution >= 4 is 17.6 Å². The zero-order valence-corrected chi connectivity index (χ0v) is 13.0. The second-order valence-corrected chi connectivity index (χ2v) is 5.36. The van der Waals surface area contributed by atoms with Crippen LogP contribution in [0.5, 0.6) is 0 Å². The summed E-state index contributed by atoms with van der Waals surface area (Å²) in [6.45, 7) is 5.91. The van der Waals surface area contributed by atoms with Crippen molar-refractivity contribution in [2.24, 2.45) is 5.92 Å². The number of rotatable bonds is 6. The Bertz CT molecular complexity index is 467. The molecule has 0 aliphatic heterocycles. The topological polar surface area (TPSA) is 38.3 Å². The SMILES string of the molecule is CCC(C)C(NC(C)c1ccc(F)c(Cl)c1)C(=O)OC. The highest BCUT2D eigenvalue weighted by atomic mass is 35.5. The second-order valence-electron chi connectivity index (χ2n) is 4.95. The highest BCUT2D eigenvalue weighted by molar-refractivity contribution is 6.30. The van der Waals surface area contributed by atoms with Crippen LogP contribution in [0.25, 0.3) is 0 Å². The summed E-state index contributed by atoms with van der Waals surface area (Å²) >= 11 is 5.78. The third-order valence-electron chi connectivity index (χ3n) is 3.54. The molecule has 0 aromatic heterocycles. The normalized spacial score (nSPS) is 15.5. The summed E-state index contributed by atoms with van der Waals surface area (Å²) in [5.74, 6) is -0.603. The third-order valence-corrected chi connectivity index (χ3v) is 3.83. The van der Waals surface area contributed by atoms with Gasteiger partial charge in [-0.25, -0.2) is 4.39 Å².